The van der Waals surface area contributed by atoms with Crippen molar-refractivity contribution in [3.63, 3.8) is 0 Å². The molecular weight excluding hydrogens is 422 g/mol. The molecule has 0 aromatic carbocycles. The molecule has 2 aromatic heterocycles. The number of nitrogens with zero attached hydrogens (tertiary/aromatic N) is 5. The maximum Gasteiger partial charge on any atom is 0.332 e. The lowest BCUT2D eigenvalue weighted by molar-refractivity contribution is -0.136. The third kappa shape index (κ3) is 3.73. The minimum atomic E-state index is -3.17. The Kier molecular flexibility index (Phi) is 5.65. The number of halogens is 1. The van der Waals surface area contributed by atoms with E-state index in [1.807, 2.05) is 13.8 Å². The summed E-state index contributed by atoms with van der Waals surface area (Å²) in [6.07, 6.45) is 1.03. The van der Waals surface area contributed by atoms with Gasteiger partial charge in [-0.3, -0.25) is 23.3 Å². The summed E-state index contributed by atoms with van der Waals surface area (Å²) in [6.45, 7) is 3.50. The Morgan fingerprint density at radius 1 is 1.31 bits per heavy atom. The van der Waals surface area contributed by atoms with Crippen LogP contribution in [0.1, 0.15) is 26.7 Å². The molecule has 1 aliphatic heterocycles. The predicted molar refractivity (Wildman–Crippen MR) is 109 cm³/mol. The number of aryl methyl sites for hydroxylation is 1. The van der Waals surface area contributed by atoms with E-state index in [0.717, 1.165) is 4.57 Å². The van der Waals surface area contributed by atoms with E-state index in [0.29, 0.717) is 12.8 Å². The van der Waals surface area contributed by atoms with Crippen LogP contribution < -0.4 is 11.2 Å². The second-order valence-electron chi connectivity index (χ2n) is 7.46. The van der Waals surface area contributed by atoms with Gasteiger partial charge in [0.15, 0.2) is 21.0 Å². The lowest BCUT2D eigenvalue weighted by Crippen LogP contribution is -2.48. The highest BCUT2D eigenvalue weighted by molar-refractivity contribution is 7.91. The van der Waals surface area contributed by atoms with Crippen LogP contribution in [0.2, 0.25) is 5.28 Å². The first kappa shape index (κ1) is 21.6. The van der Waals surface area contributed by atoms with Gasteiger partial charge in [-0.2, -0.15) is 4.98 Å². The molecule has 1 aliphatic rings. The first-order chi connectivity index (χ1) is 13.5. The Hall–Kier alpha value is -2.14. The molecule has 12 heteroatoms. The van der Waals surface area contributed by atoms with Crippen molar-refractivity contribution in [1.82, 2.24) is 23.6 Å². The number of carbonyl (C=O) groups is 1. The Labute approximate surface area is 172 Å². The Bertz CT molecular complexity index is 1200. The second-order valence-corrected chi connectivity index (χ2v) is 10.0. The van der Waals surface area contributed by atoms with Crippen molar-refractivity contribution in [2.75, 3.05) is 11.5 Å². The molecule has 1 amide bonds. The number of fused-ring (bicyclic) bond motifs is 1. The van der Waals surface area contributed by atoms with E-state index >= 15 is 0 Å². The summed E-state index contributed by atoms with van der Waals surface area (Å²) < 4.78 is 27.3. The van der Waals surface area contributed by atoms with Gasteiger partial charge < -0.3 is 4.90 Å². The standard InChI is InChI=1S/C17H24ClN5O5S/c1-5-10(2)23(11-6-7-29(27,28)9-11)12(24)8-22-13-14(19-16(22)18)20(3)17(26)21(4)15(13)25/h10-11H,5-9H2,1-4H3/t10-,11+/m1/s1. The van der Waals surface area contributed by atoms with Gasteiger partial charge in [0, 0.05) is 26.2 Å². The Morgan fingerprint density at radius 3 is 2.52 bits per heavy atom. The van der Waals surface area contributed by atoms with E-state index in [1.165, 1.54) is 23.2 Å². The molecule has 0 spiro atoms. The van der Waals surface area contributed by atoms with E-state index < -0.39 is 27.1 Å². The molecule has 0 unspecified atom stereocenters. The van der Waals surface area contributed by atoms with Crippen LogP contribution in [0.5, 0.6) is 0 Å². The molecule has 3 heterocycles. The average Bonchev–Trinajstić information content (AvgIpc) is 3.17. The molecule has 2 atom stereocenters. The number of sulfone groups is 1. The number of aromatic nitrogens is 4. The van der Waals surface area contributed by atoms with E-state index in [2.05, 4.69) is 4.98 Å². The summed E-state index contributed by atoms with van der Waals surface area (Å²) in [5, 5.41) is -0.0882. The van der Waals surface area contributed by atoms with Crippen molar-refractivity contribution in [1.29, 1.82) is 0 Å². The molecule has 160 valence electrons. The highest BCUT2D eigenvalue weighted by Gasteiger charge is 2.37. The number of hydrogen-bond acceptors (Lipinski definition) is 6. The zero-order valence-corrected chi connectivity index (χ0v) is 18.3. The van der Waals surface area contributed by atoms with Gasteiger partial charge in [0.2, 0.25) is 11.2 Å². The summed E-state index contributed by atoms with van der Waals surface area (Å²) in [7, 11) is -0.368. The van der Waals surface area contributed by atoms with Crippen molar-refractivity contribution in [3.8, 4) is 0 Å². The van der Waals surface area contributed by atoms with Gasteiger partial charge in [-0.15, -0.1) is 0 Å². The molecule has 0 radical (unpaired) electrons. The second kappa shape index (κ2) is 7.60. The number of imidazole rings is 1. The van der Waals surface area contributed by atoms with Gasteiger partial charge in [-0.1, -0.05) is 6.92 Å². The largest absolute Gasteiger partial charge is 0.334 e. The quantitative estimate of drug-likeness (QED) is 0.593. The zero-order chi connectivity index (χ0) is 21.7. The van der Waals surface area contributed by atoms with E-state index in [1.54, 1.807) is 4.90 Å². The third-order valence-electron chi connectivity index (χ3n) is 5.55. The molecule has 1 fully saturated rings. The fourth-order valence-electron chi connectivity index (χ4n) is 3.78. The molecule has 0 aliphatic carbocycles. The van der Waals surface area contributed by atoms with Crippen molar-refractivity contribution < 1.29 is 13.2 Å². The number of amides is 1. The SMILES string of the molecule is CC[C@@H](C)N(C(=O)Cn1c(Cl)nc2c1c(=O)n(C)c(=O)n2C)[C@H]1CCS(=O)(=O)C1. The monoisotopic (exact) mass is 445 g/mol. The van der Waals surface area contributed by atoms with Crippen molar-refractivity contribution in [2.24, 2.45) is 14.1 Å². The Balaban J connectivity index is 2.05. The number of hydrogen-bond donors (Lipinski definition) is 0. The van der Waals surface area contributed by atoms with Crippen LogP contribution in [-0.4, -0.2) is 61.5 Å². The molecule has 0 saturated carbocycles. The van der Waals surface area contributed by atoms with Crippen LogP contribution >= 0.6 is 11.6 Å². The maximum absolute atomic E-state index is 13.2. The lowest BCUT2D eigenvalue weighted by atomic mass is 10.1. The highest BCUT2D eigenvalue weighted by atomic mass is 35.5. The predicted octanol–water partition coefficient (Wildman–Crippen LogP) is -0.0987. The van der Waals surface area contributed by atoms with E-state index in [9.17, 15) is 22.8 Å². The van der Waals surface area contributed by atoms with Crippen LogP contribution in [-0.2, 0) is 35.3 Å². The fraction of sp³-hybridized carbons (Fsp3) is 0.647. The van der Waals surface area contributed by atoms with E-state index in [-0.39, 0.29) is 46.4 Å². The maximum atomic E-state index is 13.2. The van der Waals surface area contributed by atoms with Gasteiger partial charge >= 0.3 is 5.69 Å². The average molecular weight is 446 g/mol. The van der Waals surface area contributed by atoms with Crippen LogP contribution in [0, 0.1) is 0 Å². The highest BCUT2D eigenvalue weighted by Crippen LogP contribution is 2.23. The fourth-order valence-corrected chi connectivity index (χ4v) is 5.72. The first-order valence-electron chi connectivity index (χ1n) is 9.31. The minimum absolute atomic E-state index is 0.0509. The van der Waals surface area contributed by atoms with Crippen LogP contribution in [0.3, 0.4) is 0 Å². The van der Waals surface area contributed by atoms with E-state index in [4.69, 9.17) is 11.6 Å². The first-order valence-corrected chi connectivity index (χ1v) is 11.5. The van der Waals surface area contributed by atoms with Gasteiger partial charge in [0.05, 0.1) is 11.5 Å². The molecule has 0 bridgehead atoms. The van der Waals surface area contributed by atoms with Crippen LogP contribution in [0.25, 0.3) is 11.2 Å². The smallest absolute Gasteiger partial charge is 0.332 e. The van der Waals surface area contributed by atoms with Crippen molar-refractivity contribution in [2.45, 2.75) is 45.3 Å². The summed E-state index contributed by atoms with van der Waals surface area (Å²) >= 11 is 6.21. The van der Waals surface area contributed by atoms with Crippen molar-refractivity contribution >= 4 is 38.5 Å². The summed E-state index contributed by atoms with van der Waals surface area (Å²) in [4.78, 5) is 43.6. The van der Waals surface area contributed by atoms with Gasteiger partial charge in [-0.05, 0) is 31.4 Å². The number of rotatable bonds is 5. The van der Waals surface area contributed by atoms with Gasteiger partial charge in [-0.25, -0.2) is 13.2 Å². The van der Waals surface area contributed by atoms with Crippen molar-refractivity contribution in [3.05, 3.63) is 26.1 Å². The summed E-state index contributed by atoms with van der Waals surface area (Å²) in [6, 6.07) is -0.593. The number of carbonyl (C=O) groups excluding carboxylic acids is 1. The summed E-state index contributed by atoms with van der Waals surface area (Å²) in [5.41, 5.74) is -1.01. The van der Waals surface area contributed by atoms with Gasteiger partial charge in [0.1, 0.15) is 6.54 Å². The molecule has 1 saturated heterocycles. The minimum Gasteiger partial charge on any atom is -0.334 e. The molecule has 2 aromatic rings. The third-order valence-corrected chi connectivity index (χ3v) is 7.59. The van der Waals surface area contributed by atoms with Crippen LogP contribution in [0.4, 0.5) is 0 Å². The molecule has 29 heavy (non-hydrogen) atoms. The van der Waals surface area contributed by atoms with Gasteiger partial charge in [0.25, 0.3) is 5.56 Å². The topological polar surface area (TPSA) is 116 Å². The molecule has 10 nitrogen and oxygen atoms in total. The Morgan fingerprint density at radius 2 is 1.97 bits per heavy atom. The zero-order valence-electron chi connectivity index (χ0n) is 16.8. The normalized spacial score (nSPS) is 19.6. The molecular formula is C17H24ClN5O5S. The lowest BCUT2D eigenvalue weighted by Gasteiger charge is -2.34. The molecule has 3 rings (SSSR count). The molecule has 0 N–H and O–H groups in total. The van der Waals surface area contributed by atoms with Crippen LogP contribution in [0.15, 0.2) is 9.59 Å². The summed E-state index contributed by atoms with van der Waals surface area (Å²) in [5.74, 6) is -0.369.